The van der Waals surface area contributed by atoms with Crippen molar-refractivity contribution in [2.24, 2.45) is 0 Å². The van der Waals surface area contributed by atoms with E-state index in [-0.39, 0.29) is 0 Å². The van der Waals surface area contributed by atoms with Crippen LogP contribution in [-0.4, -0.2) is 28.5 Å². The molecular weight excluding hydrogens is 178 g/mol. The van der Waals surface area contributed by atoms with Gasteiger partial charge in [0.2, 0.25) is 0 Å². The Labute approximate surface area is 84.9 Å². The molecule has 4 nitrogen and oxygen atoms in total. The summed E-state index contributed by atoms with van der Waals surface area (Å²) >= 11 is 0. The van der Waals surface area contributed by atoms with Gasteiger partial charge in [-0.3, -0.25) is 4.68 Å². The largest absolute Gasteiger partial charge is 0.387 e. The molecule has 0 aliphatic rings. The van der Waals surface area contributed by atoms with E-state index in [0.29, 0.717) is 6.54 Å². The van der Waals surface area contributed by atoms with Gasteiger partial charge in [-0.25, -0.2) is 0 Å². The molecule has 0 bridgehead atoms. The number of aliphatic hydroxyl groups is 1. The van der Waals surface area contributed by atoms with E-state index in [9.17, 15) is 5.11 Å². The Bertz CT molecular complexity index is 307. The van der Waals surface area contributed by atoms with Crippen molar-refractivity contribution < 1.29 is 5.11 Å². The molecule has 0 amide bonds. The van der Waals surface area contributed by atoms with Crippen LogP contribution >= 0.6 is 0 Å². The van der Waals surface area contributed by atoms with Crippen molar-refractivity contribution in [3.8, 4) is 0 Å². The first-order valence-electron chi connectivity index (χ1n) is 4.98. The molecule has 0 saturated carbocycles. The summed E-state index contributed by atoms with van der Waals surface area (Å²) in [6.07, 6.45) is -0.458. The second-order valence-corrected chi connectivity index (χ2v) is 3.47. The van der Waals surface area contributed by atoms with Crippen LogP contribution in [0.25, 0.3) is 0 Å². The number of likely N-dealkylation sites (N-methyl/N-ethyl adjacent to an activating group) is 1. The highest BCUT2D eigenvalue weighted by atomic mass is 16.3. The van der Waals surface area contributed by atoms with Crippen LogP contribution in [0.3, 0.4) is 0 Å². The Morgan fingerprint density at radius 2 is 2.14 bits per heavy atom. The van der Waals surface area contributed by atoms with Crippen LogP contribution < -0.4 is 5.32 Å². The average molecular weight is 197 g/mol. The van der Waals surface area contributed by atoms with Gasteiger partial charge in [0.15, 0.2) is 0 Å². The first kappa shape index (κ1) is 11.2. The van der Waals surface area contributed by atoms with E-state index in [4.69, 9.17) is 0 Å². The van der Waals surface area contributed by atoms with E-state index >= 15 is 0 Å². The first-order valence-corrected chi connectivity index (χ1v) is 4.98. The molecule has 0 fully saturated rings. The fourth-order valence-electron chi connectivity index (χ4n) is 1.80. The molecule has 0 radical (unpaired) electrons. The van der Waals surface area contributed by atoms with Crippen molar-refractivity contribution in [3.63, 3.8) is 0 Å². The summed E-state index contributed by atoms with van der Waals surface area (Å²) in [6, 6.07) is 0. The zero-order valence-corrected chi connectivity index (χ0v) is 9.33. The molecule has 1 aromatic rings. The number of aliphatic hydroxyl groups excluding tert-OH is 1. The van der Waals surface area contributed by atoms with Crippen molar-refractivity contribution in [2.75, 3.05) is 13.6 Å². The summed E-state index contributed by atoms with van der Waals surface area (Å²) in [5, 5.41) is 17.2. The van der Waals surface area contributed by atoms with Crippen LogP contribution in [0.4, 0.5) is 0 Å². The number of nitrogens with one attached hydrogen (secondary N) is 1. The molecule has 1 unspecified atom stereocenters. The molecule has 4 heteroatoms. The third-order valence-electron chi connectivity index (χ3n) is 2.47. The summed E-state index contributed by atoms with van der Waals surface area (Å²) in [7, 11) is 1.83. The molecule has 0 spiro atoms. The molecule has 1 rings (SSSR count). The molecule has 1 atom stereocenters. The minimum Gasteiger partial charge on any atom is -0.387 e. The minimum atomic E-state index is -0.458. The highest BCUT2D eigenvalue weighted by Gasteiger charge is 2.17. The van der Waals surface area contributed by atoms with Crippen LogP contribution in [0.15, 0.2) is 0 Å². The number of rotatable bonds is 4. The van der Waals surface area contributed by atoms with Gasteiger partial charge in [-0.05, 0) is 27.8 Å². The summed E-state index contributed by atoms with van der Waals surface area (Å²) in [5.41, 5.74) is 2.95. The van der Waals surface area contributed by atoms with Crippen molar-refractivity contribution in [1.29, 1.82) is 0 Å². The number of hydrogen-bond acceptors (Lipinski definition) is 3. The molecule has 0 aromatic carbocycles. The molecule has 80 valence electrons. The monoisotopic (exact) mass is 197 g/mol. The molecule has 1 heterocycles. The standard InChI is InChI=1S/C10H19N3O/c1-5-13-8(3)10(7(2)12-13)9(14)6-11-4/h9,11,14H,5-6H2,1-4H3. The third-order valence-corrected chi connectivity index (χ3v) is 2.47. The van der Waals surface area contributed by atoms with Crippen molar-refractivity contribution in [2.45, 2.75) is 33.4 Å². The maximum Gasteiger partial charge on any atom is 0.0949 e. The predicted octanol–water partition coefficient (Wildman–Crippen LogP) is 0.773. The number of aryl methyl sites for hydroxylation is 2. The van der Waals surface area contributed by atoms with Crippen LogP contribution in [-0.2, 0) is 6.54 Å². The second-order valence-electron chi connectivity index (χ2n) is 3.47. The Morgan fingerprint density at radius 1 is 1.50 bits per heavy atom. The highest BCUT2D eigenvalue weighted by molar-refractivity contribution is 5.27. The van der Waals surface area contributed by atoms with Gasteiger partial charge in [0, 0.05) is 24.3 Å². The molecule has 2 N–H and O–H groups in total. The van der Waals surface area contributed by atoms with E-state index in [2.05, 4.69) is 10.4 Å². The molecule has 14 heavy (non-hydrogen) atoms. The van der Waals surface area contributed by atoms with E-state index < -0.39 is 6.10 Å². The fourth-order valence-corrected chi connectivity index (χ4v) is 1.80. The topological polar surface area (TPSA) is 50.1 Å². The molecule has 0 saturated heterocycles. The summed E-state index contributed by atoms with van der Waals surface area (Å²) in [6.45, 7) is 7.40. The van der Waals surface area contributed by atoms with Gasteiger partial charge in [-0.15, -0.1) is 0 Å². The van der Waals surface area contributed by atoms with Crippen molar-refractivity contribution >= 4 is 0 Å². The Hall–Kier alpha value is -0.870. The molecule has 1 aromatic heterocycles. The lowest BCUT2D eigenvalue weighted by Crippen LogP contribution is -2.17. The maximum absolute atomic E-state index is 9.88. The molecule has 0 aliphatic heterocycles. The van der Waals surface area contributed by atoms with Crippen LogP contribution in [0.2, 0.25) is 0 Å². The normalized spacial score (nSPS) is 13.2. The highest BCUT2D eigenvalue weighted by Crippen LogP contribution is 2.20. The van der Waals surface area contributed by atoms with Gasteiger partial charge >= 0.3 is 0 Å². The van der Waals surface area contributed by atoms with Crippen LogP contribution in [0.5, 0.6) is 0 Å². The Morgan fingerprint density at radius 3 is 2.57 bits per heavy atom. The second kappa shape index (κ2) is 4.57. The van der Waals surface area contributed by atoms with E-state index in [1.807, 2.05) is 32.5 Å². The van der Waals surface area contributed by atoms with Crippen LogP contribution in [0.1, 0.15) is 30.0 Å². The lowest BCUT2D eigenvalue weighted by molar-refractivity contribution is 0.176. The average Bonchev–Trinajstić information content (AvgIpc) is 2.41. The zero-order chi connectivity index (χ0) is 10.7. The summed E-state index contributed by atoms with van der Waals surface area (Å²) in [4.78, 5) is 0. The van der Waals surface area contributed by atoms with Crippen molar-refractivity contribution in [1.82, 2.24) is 15.1 Å². The van der Waals surface area contributed by atoms with E-state index in [1.165, 1.54) is 0 Å². The minimum absolute atomic E-state index is 0.458. The van der Waals surface area contributed by atoms with E-state index in [1.54, 1.807) is 0 Å². The van der Waals surface area contributed by atoms with Gasteiger partial charge in [0.1, 0.15) is 0 Å². The smallest absolute Gasteiger partial charge is 0.0949 e. The first-order chi connectivity index (χ1) is 6.61. The molecular formula is C10H19N3O. The number of nitrogens with zero attached hydrogens (tertiary/aromatic N) is 2. The lowest BCUT2D eigenvalue weighted by Gasteiger charge is -2.10. The Kier molecular flexibility index (Phi) is 3.66. The van der Waals surface area contributed by atoms with Gasteiger partial charge < -0.3 is 10.4 Å². The zero-order valence-electron chi connectivity index (χ0n) is 9.33. The SMILES string of the molecule is CCn1nc(C)c(C(O)CNC)c1C. The summed E-state index contributed by atoms with van der Waals surface area (Å²) in [5.74, 6) is 0. The third kappa shape index (κ3) is 1.96. The van der Waals surface area contributed by atoms with Gasteiger partial charge in [0.05, 0.1) is 11.8 Å². The lowest BCUT2D eigenvalue weighted by atomic mass is 10.1. The summed E-state index contributed by atoms with van der Waals surface area (Å²) < 4.78 is 1.92. The van der Waals surface area contributed by atoms with Crippen molar-refractivity contribution in [3.05, 3.63) is 17.0 Å². The quantitative estimate of drug-likeness (QED) is 0.749. The number of aromatic nitrogens is 2. The molecule has 0 aliphatic carbocycles. The van der Waals surface area contributed by atoms with Gasteiger partial charge in [0.25, 0.3) is 0 Å². The van der Waals surface area contributed by atoms with Gasteiger partial charge in [-0.2, -0.15) is 5.10 Å². The Balaban J connectivity index is 3.01. The predicted molar refractivity (Wildman–Crippen MR) is 56.3 cm³/mol. The number of hydrogen-bond donors (Lipinski definition) is 2. The van der Waals surface area contributed by atoms with Gasteiger partial charge in [-0.1, -0.05) is 0 Å². The van der Waals surface area contributed by atoms with Crippen LogP contribution in [0, 0.1) is 13.8 Å². The fraction of sp³-hybridized carbons (Fsp3) is 0.700. The van der Waals surface area contributed by atoms with E-state index in [0.717, 1.165) is 23.5 Å². The maximum atomic E-state index is 9.88.